The lowest BCUT2D eigenvalue weighted by atomic mass is 10.1. The fourth-order valence-electron chi connectivity index (χ4n) is 3.70. The lowest BCUT2D eigenvalue weighted by Gasteiger charge is -2.35. The van der Waals surface area contributed by atoms with Crippen molar-refractivity contribution in [3.63, 3.8) is 0 Å². The molecule has 8 heteroatoms. The molecule has 1 aliphatic rings. The van der Waals surface area contributed by atoms with Crippen LogP contribution in [0.5, 0.6) is 0 Å². The summed E-state index contributed by atoms with van der Waals surface area (Å²) >= 11 is 0. The average Bonchev–Trinajstić information content (AvgIpc) is 2.84. The number of nitrogens with one attached hydrogen (secondary N) is 2. The Kier molecular flexibility index (Phi) is 6.83. The molecule has 1 aromatic heterocycles. The van der Waals surface area contributed by atoms with Gasteiger partial charge in [-0.1, -0.05) is 30.3 Å². The molecule has 33 heavy (non-hydrogen) atoms. The van der Waals surface area contributed by atoms with Gasteiger partial charge in [0, 0.05) is 55.2 Å². The summed E-state index contributed by atoms with van der Waals surface area (Å²) in [6, 6.07) is 18.6. The van der Waals surface area contributed by atoms with E-state index >= 15 is 0 Å². The third kappa shape index (κ3) is 5.65. The number of carbonyl (C=O) groups excluding carboxylic acids is 2. The second kappa shape index (κ2) is 10.1. The molecule has 2 aromatic carbocycles. The molecule has 1 fully saturated rings. The van der Waals surface area contributed by atoms with Gasteiger partial charge in [0.15, 0.2) is 5.82 Å². The number of aromatic nitrogens is 2. The number of anilines is 2. The zero-order valence-electron chi connectivity index (χ0n) is 18.9. The van der Waals surface area contributed by atoms with Crippen LogP contribution in [0.25, 0.3) is 11.4 Å². The summed E-state index contributed by atoms with van der Waals surface area (Å²) < 4.78 is 0. The second-order valence-electron chi connectivity index (χ2n) is 8.21. The molecule has 0 saturated carbocycles. The van der Waals surface area contributed by atoms with Crippen LogP contribution in [0, 0.1) is 0 Å². The molecule has 0 spiro atoms. The first-order valence-electron chi connectivity index (χ1n) is 11.1. The van der Waals surface area contributed by atoms with E-state index in [0.717, 1.165) is 11.4 Å². The van der Waals surface area contributed by atoms with Gasteiger partial charge in [0.25, 0.3) is 5.91 Å². The maximum Gasteiger partial charge on any atom is 0.319 e. The zero-order valence-corrected chi connectivity index (χ0v) is 18.9. The smallest absolute Gasteiger partial charge is 0.319 e. The Morgan fingerprint density at radius 1 is 0.909 bits per heavy atom. The monoisotopic (exact) mass is 444 g/mol. The summed E-state index contributed by atoms with van der Waals surface area (Å²) in [7, 11) is 0. The van der Waals surface area contributed by atoms with Gasteiger partial charge in [-0.05, 0) is 44.2 Å². The van der Waals surface area contributed by atoms with Crippen molar-refractivity contribution in [3.8, 4) is 11.4 Å². The van der Waals surface area contributed by atoms with Crippen molar-refractivity contribution in [2.45, 2.75) is 19.9 Å². The minimum absolute atomic E-state index is 0.0134. The van der Waals surface area contributed by atoms with Gasteiger partial charge >= 0.3 is 6.03 Å². The molecule has 0 radical (unpaired) electrons. The van der Waals surface area contributed by atoms with Gasteiger partial charge in [0.05, 0.1) is 0 Å². The van der Waals surface area contributed by atoms with Crippen molar-refractivity contribution in [2.24, 2.45) is 0 Å². The number of rotatable bonds is 5. The van der Waals surface area contributed by atoms with Crippen LogP contribution in [0.1, 0.15) is 24.2 Å². The maximum atomic E-state index is 12.9. The largest absolute Gasteiger partial charge is 0.353 e. The molecular formula is C25H28N6O2. The summed E-state index contributed by atoms with van der Waals surface area (Å²) in [4.78, 5) is 37.9. The molecule has 0 aliphatic carbocycles. The number of hydrogen-bond acceptors (Lipinski definition) is 5. The maximum absolute atomic E-state index is 12.9. The van der Waals surface area contributed by atoms with Crippen LogP contribution in [0.15, 0.2) is 66.9 Å². The molecule has 3 amide bonds. The normalized spacial score (nSPS) is 13.7. The molecule has 1 aliphatic heterocycles. The molecule has 2 heterocycles. The lowest BCUT2D eigenvalue weighted by Crippen LogP contribution is -2.49. The van der Waals surface area contributed by atoms with Crippen molar-refractivity contribution < 1.29 is 9.59 Å². The number of carbonyl (C=O) groups is 2. The van der Waals surface area contributed by atoms with E-state index in [2.05, 4.69) is 20.5 Å². The Morgan fingerprint density at radius 3 is 2.27 bits per heavy atom. The van der Waals surface area contributed by atoms with E-state index in [1.54, 1.807) is 30.5 Å². The minimum Gasteiger partial charge on any atom is -0.353 e. The highest BCUT2D eigenvalue weighted by Crippen LogP contribution is 2.20. The van der Waals surface area contributed by atoms with Crippen LogP contribution in [0.2, 0.25) is 0 Å². The molecule has 4 rings (SSSR count). The summed E-state index contributed by atoms with van der Waals surface area (Å²) in [5, 5.41) is 5.54. The van der Waals surface area contributed by atoms with Crippen LogP contribution in [0.4, 0.5) is 16.3 Å². The third-order valence-corrected chi connectivity index (χ3v) is 5.37. The van der Waals surface area contributed by atoms with Gasteiger partial charge in [-0.2, -0.15) is 0 Å². The molecule has 0 bridgehead atoms. The van der Waals surface area contributed by atoms with Gasteiger partial charge in [0.1, 0.15) is 5.82 Å². The van der Waals surface area contributed by atoms with Crippen molar-refractivity contribution in [1.29, 1.82) is 0 Å². The first-order valence-corrected chi connectivity index (χ1v) is 11.1. The number of nitrogens with zero attached hydrogens (tertiary/aromatic N) is 4. The Bertz CT molecular complexity index is 1090. The van der Waals surface area contributed by atoms with Crippen molar-refractivity contribution in [1.82, 2.24) is 20.2 Å². The van der Waals surface area contributed by atoms with Crippen LogP contribution in [-0.2, 0) is 0 Å². The molecule has 1 saturated heterocycles. The zero-order chi connectivity index (χ0) is 23.2. The molecule has 0 atom stereocenters. The standard InChI is InChI=1S/C25H28N6O2/c1-18(2)27-25(33)28-21-10-8-20(9-11-21)24(32)31-16-14-30(15-17-31)22-12-13-26-23(29-22)19-6-4-3-5-7-19/h3-13,18H,14-17H2,1-2H3,(H2,27,28,33). The van der Waals surface area contributed by atoms with E-state index in [9.17, 15) is 9.59 Å². The number of benzene rings is 2. The second-order valence-corrected chi connectivity index (χ2v) is 8.21. The van der Waals surface area contributed by atoms with Crippen LogP contribution in [-0.4, -0.2) is 59.0 Å². The van der Waals surface area contributed by atoms with Crippen molar-refractivity contribution >= 4 is 23.4 Å². The van der Waals surface area contributed by atoms with Gasteiger partial charge in [0.2, 0.25) is 0 Å². The van der Waals surface area contributed by atoms with E-state index in [-0.39, 0.29) is 18.0 Å². The van der Waals surface area contributed by atoms with Crippen molar-refractivity contribution in [3.05, 3.63) is 72.4 Å². The number of piperazine rings is 1. The highest BCUT2D eigenvalue weighted by Gasteiger charge is 2.23. The molecule has 0 unspecified atom stereocenters. The SMILES string of the molecule is CC(C)NC(=O)Nc1ccc(C(=O)N2CCN(c3ccnc(-c4ccccc4)n3)CC2)cc1. The summed E-state index contributed by atoms with van der Waals surface area (Å²) in [5.74, 6) is 1.55. The minimum atomic E-state index is -0.264. The highest BCUT2D eigenvalue weighted by atomic mass is 16.2. The Labute approximate surface area is 193 Å². The Morgan fingerprint density at radius 2 is 1.61 bits per heavy atom. The fraction of sp³-hybridized carbons (Fsp3) is 0.280. The van der Waals surface area contributed by atoms with Crippen LogP contribution >= 0.6 is 0 Å². The van der Waals surface area contributed by atoms with E-state index in [0.29, 0.717) is 43.3 Å². The predicted molar refractivity (Wildman–Crippen MR) is 129 cm³/mol. The Hall–Kier alpha value is -3.94. The molecular weight excluding hydrogens is 416 g/mol. The number of hydrogen-bond donors (Lipinski definition) is 2. The Balaban J connectivity index is 1.34. The van der Waals surface area contributed by atoms with Crippen molar-refractivity contribution in [2.75, 3.05) is 36.4 Å². The van der Waals surface area contributed by atoms with Gasteiger partial charge in [-0.3, -0.25) is 4.79 Å². The number of amides is 3. The summed E-state index contributed by atoms with van der Waals surface area (Å²) in [6.07, 6.45) is 1.78. The van der Waals surface area contributed by atoms with E-state index in [1.807, 2.05) is 55.1 Å². The van der Waals surface area contributed by atoms with Gasteiger partial charge < -0.3 is 20.4 Å². The summed E-state index contributed by atoms with van der Waals surface area (Å²) in [5.41, 5.74) is 2.23. The van der Waals surface area contributed by atoms with Crippen LogP contribution < -0.4 is 15.5 Å². The topological polar surface area (TPSA) is 90.5 Å². The number of urea groups is 1. The third-order valence-electron chi connectivity index (χ3n) is 5.37. The van der Waals surface area contributed by atoms with Gasteiger partial charge in [-0.25, -0.2) is 14.8 Å². The highest BCUT2D eigenvalue weighted by molar-refractivity contribution is 5.95. The van der Waals surface area contributed by atoms with Crippen LogP contribution in [0.3, 0.4) is 0 Å². The molecule has 8 nitrogen and oxygen atoms in total. The molecule has 2 N–H and O–H groups in total. The lowest BCUT2D eigenvalue weighted by molar-refractivity contribution is 0.0746. The van der Waals surface area contributed by atoms with E-state index in [1.165, 1.54) is 0 Å². The molecule has 3 aromatic rings. The molecule has 170 valence electrons. The van der Waals surface area contributed by atoms with Gasteiger partial charge in [-0.15, -0.1) is 0 Å². The fourth-order valence-corrected chi connectivity index (χ4v) is 3.70. The quantitative estimate of drug-likeness (QED) is 0.627. The predicted octanol–water partition coefficient (Wildman–Crippen LogP) is 3.64. The average molecular weight is 445 g/mol. The van der Waals surface area contributed by atoms with E-state index in [4.69, 9.17) is 4.98 Å². The first-order chi connectivity index (χ1) is 16.0. The first kappa shape index (κ1) is 22.3. The summed E-state index contributed by atoms with van der Waals surface area (Å²) in [6.45, 7) is 6.42. The van der Waals surface area contributed by atoms with E-state index < -0.39 is 0 Å².